The second-order valence-electron chi connectivity index (χ2n) is 7.46. The summed E-state index contributed by atoms with van der Waals surface area (Å²) >= 11 is 0. The number of nitrogens with zero attached hydrogens (tertiary/aromatic N) is 4. The number of hydrogen-bond acceptors (Lipinski definition) is 6. The van der Waals surface area contributed by atoms with Gasteiger partial charge in [-0.2, -0.15) is 0 Å². The predicted molar refractivity (Wildman–Crippen MR) is 115 cm³/mol. The minimum Gasteiger partial charge on any atom is -0.336 e. The molecule has 9 heteroatoms. The molecule has 0 aliphatic carbocycles. The maximum atomic E-state index is 12.9. The summed E-state index contributed by atoms with van der Waals surface area (Å²) in [6.45, 7) is 2.93. The van der Waals surface area contributed by atoms with Gasteiger partial charge >= 0.3 is 0 Å². The van der Waals surface area contributed by atoms with Crippen LogP contribution in [0.3, 0.4) is 0 Å². The molecule has 0 radical (unpaired) electrons. The first kappa shape index (κ1) is 20.4. The third-order valence-corrected chi connectivity index (χ3v) is 5.50. The van der Waals surface area contributed by atoms with E-state index in [1.807, 2.05) is 18.2 Å². The maximum absolute atomic E-state index is 12.9. The van der Waals surface area contributed by atoms with Crippen LogP contribution in [-0.2, 0) is 6.54 Å². The molecule has 1 saturated heterocycles. The Morgan fingerprint density at radius 1 is 0.839 bits per heavy atom. The van der Waals surface area contributed by atoms with Gasteiger partial charge in [0.05, 0.1) is 21.5 Å². The fraction of sp³-hybridized carbons (Fsp3) is 0.227. The van der Waals surface area contributed by atoms with Crippen LogP contribution in [0.1, 0.15) is 15.9 Å². The molecule has 4 rings (SSSR count). The molecule has 3 aromatic carbocycles. The average molecular weight is 420 g/mol. The summed E-state index contributed by atoms with van der Waals surface area (Å²) in [5.41, 5.74) is 0.245. The first-order valence-electron chi connectivity index (χ1n) is 9.84. The zero-order valence-electron chi connectivity index (χ0n) is 16.6. The maximum Gasteiger partial charge on any atom is 0.277 e. The first-order chi connectivity index (χ1) is 14.9. The topological polar surface area (TPSA) is 110 Å². The number of hydrogen-bond donors (Lipinski definition) is 0. The zero-order chi connectivity index (χ0) is 22.0. The average Bonchev–Trinajstić information content (AvgIpc) is 2.79. The Bertz CT molecular complexity index is 1130. The largest absolute Gasteiger partial charge is 0.336 e. The third-order valence-electron chi connectivity index (χ3n) is 5.50. The Morgan fingerprint density at radius 2 is 1.45 bits per heavy atom. The van der Waals surface area contributed by atoms with E-state index in [-0.39, 0.29) is 5.56 Å². The Kier molecular flexibility index (Phi) is 5.59. The number of rotatable bonds is 5. The lowest BCUT2D eigenvalue weighted by Gasteiger charge is -2.35. The van der Waals surface area contributed by atoms with E-state index in [4.69, 9.17) is 0 Å². The van der Waals surface area contributed by atoms with Crippen molar-refractivity contribution in [2.75, 3.05) is 26.2 Å². The molecule has 0 aromatic heterocycles. The summed E-state index contributed by atoms with van der Waals surface area (Å²) in [4.78, 5) is 37.4. The highest BCUT2D eigenvalue weighted by Gasteiger charge is 2.26. The number of nitro benzene ring substituents is 2. The number of piperazine rings is 1. The number of non-ortho nitro benzene ring substituents is 2. The van der Waals surface area contributed by atoms with E-state index < -0.39 is 27.1 Å². The van der Waals surface area contributed by atoms with Gasteiger partial charge in [0.25, 0.3) is 17.3 Å². The lowest BCUT2D eigenvalue weighted by atomic mass is 10.0. The van der Waals surface area contributed by atoms with Crippen LogP contribution in [0.25, 0.3) is 10.8 Å². The van der Waals surface area contributed by atoms with E-state index in [1.54, 1.807) is 4.90 Å². The normalized spacial score (nSPS) is 14.5. The van der Waals surface area contributed by atoms with Gasteiger partial charge in [0.2, 0.25) is 0 Å². The number of carbonyl (C=O) groups is 1. The minimum absolute atomic E-state index is 0.0385. The lowest BCUT2D eigenvalue weighted by molar-refractivity contribution is -0.394. The van der Waals surface area contributed by atoms with Crippen molar-refractivity contribution in [3.63, 3.8) is 0 Å². The molecular weight excluding hydrogens is 400 g/mol. The summed E-state index contributed by atoms with van der Waals surface area (Å²) in [7, 11) is 0. The van der Waals surface area contributed by atoms with Crippen molar-refractivity contribution in [2.45, 2.75) is 6.54 Å². The van der Waals surface area contributed by atoms with Crippen molar-refractivity contribution in [1.29, 1.82) is 0 Å². The molecule has 31 heavy (non-hydrogen) atoms. The van der Waals surface area contributed by atoms with Crippen molar-refractivity contribution in [3.8, 4) is 0 Å². The van der Waals surface area contributed by atoms with E-state index in [9.17, 15) is 25.0 Å². The van der Waals surface area contributed by atoms with Crippen LogP contribution in [0.15, 0.2) is 60.7 Å². The summed E-state index contributed by atoms with van der Waals surface area (Å²) in [5.74, 6) is -0.434. The van der Waals surface area contributed by atoms with Crippen LogP contribution in [0.2, 0.25) is 0 Å². The predicted octanol–water partition coefficient (Wildman–Crippen LogP) is 3.61. The molecule has 9 nitrogen and oxygen atoms in total. The van der Waals surface area contributed by atoms with Crippen LogP contribution < -0.4 is 0 Å². The molecule has 0 saturated carbocycles. The van der Waals surface area contributed by atoms with E-state index in [0.717, 1.165) is 24.7 Å². The van der Waals surface area contributed by atoms with Crippen molar-refractivity contribution in [3.05, 3.63) is 92.0 Å². The number of carbonyl (C=O) groups excluding carboxylic acids is 1. The number of nitro groups is 2. The first-order valence-corrected chi connectivity index (χ1v) is 9.84. The van der Waals surface area contributed by atoms with Crippen LogP contribution in [0.5, 0.6) is 0 Å². The van der Waals surface area contributed by atoms with Gasteiger partial charge in [-0.25, -0.2) is 0 Å². The highest BCUT2D eigenvalue weighted by molar-refractivity contribution is 5.95. The van der Waals surface area contributed by atoms with E-state index in [2.05, 4.69) is 29.2 Å². The minimum atomic E-state index is -0.730. The van der Waals surface area contributed by atoms with Crippen LogP contribution in [0, 0.1) is 20.2 Å². The van der Waals surface area contributed by atoms with Crippen molar-refractivity contribution in [2.24, 2.45) is 0 Å². The molecule has 158 valence electrons. The Labute approximate surface area is 177 Å². The fourth-order valence-electron chi connectivity index (χ4n) is 3.89. The van der Waals surface area contributed by atoms with Gasteiger partial charge in [-0.1, -0.05) is 42.5 Å². The van der Waals surface area contributed by atoms with Crippen LogP contribution in [-0.4, -0.2) is 51.7 Å². The van der Waals surface area contributed by atoms with Gasteiger partial charge in [0.1, 0.15) is 0 Å². The molecule has 1 fully saturated rings. The van der Waals surface area contributed by atoms with Crippen molar-refractivity contribution in [1.82, 2.24) is 9.80 Å². The van der Waals surface area contributed by atoms with Crippen LogP contribution in [0.4, 0.5) is 11.4 Å². The summed E-state index contributed by atoms with van der Waals surface area (Å²) < 4.78 is 0. The zero-order valence-corrected chi connectivity index (χ0v) is 16.6. The summed E-state index contributed by atoms with van der Waals surface area (Å²) in [6.07, 6.45) is 0. The van der Waals surface area contributed by atoms with Gasteiger partial charge in [0, 0.05) is 44.9 Å². The standard InChI is InChI=1S/C22H20N4O5/c27-22(18-12-19(25(28)29)14-20(13-18)26(30)31)24-10-8-23(9-11-24)15-17-6-3-5-16-4-1-2-7-21(16)17/h1-7,12-14H,8-11,15H2. The van der Waals surface area contributed by atoms with Gasteiger partial charge in [0.15, 0.2) is 0 Å². The Hall–Kier alpha value is -3.85. The lowest BCUT2D eigenvalue weighted by Crippen LogP contribution is -2.48. The molecule has 1 amide bonds. The van der Waals surface area contributed by atoms with Gasteiger partial charge in [-0.05, 0) is 16.3 Å². The molecule has 1 heterocycles. The van der Waals surface area contributed by atoms with E-state index >= 15 is 0 Å². The molecule has 0 atom stereocenters. The Morgan fingerprint density at radius 3 is 2.10 bits per heavy atom. The van der Waals surface area contributed by atoms with Gasteiger partial charge in [-0.15, -0.1) is 0 Å². The van der Waals surface area contributed by atoms with Crippen LogP contribution >= 0.6 is 0 Å². The highest BCUT2D eigenvalue weighted by atomic mass is 16.6. The van der Waals surface area contributed by atoms with Crippen molar-refractivity contribution < 1.29 is 14.6 Å². The SMILES string of the molecule is O=C(c1cc([N+](=O)[O-])cc([N+](=O)[O-])c1)N1CCN(Cc2cccc3ccccc23)CC1. The van der Waals surface area contributed by atoms with Crippen molar-refractivity contribution >= 4 is 28.1 Å². The number of benzene rings is 3. The summed E-state index contributed by atoms with van der Waals surface area (Å²) in [6, 6.07) is 17.5. The van der Waals surface area contributed by atoms with Gasteiger partial charge < -0.3 is 4.90 Å². The molecule has 1 aliphatic rings. The second kappa shape index (κ2) is 8.49. The van der Waals surface area contributed by atoms with Gasteiger partial charge in [-0.3, -0.25) is 29.9 Å². The molecule has 0 N–H and O–H groups in total. The number of fused-ring (bicyclic) bond motifs is 1. The smallest absolute Gasteiger partial charge is 0.277 e. The third kappa shape index (κ3) is 4.36. The fourth-order valence-corrected chi connectivity index (χ4v) is 3.89. The molecular formula is C22H20N4O5. The van der Waals surface area contributed by atoms with E-state index in [1.165, 1.54) is 16.3 Å². The molecule has 0 unspecified atom stereocenters. The molecule has 3 aromatic rings. The molecule has 1 aliphatic heterocycles. The molecule has 0 spiro atoms. The van der Waals surface area contributed by atoms with E-state index in [0.29, 0.717) is 26.2 Å². The quantitative estimate of drug-likeness (QED) is 0.461. The highest BCUT2D eigenvalue weighted by Crippen LogP contribution is 2.25. The summed E-state index contributed by atoms with van der Waals surface area (Å²) in [5, 5.41) is 24.6. The number of amides is 1. The Balaban J connectivity index is 1.46. The molecule has 0 bridgehead atoms. The monoisotopic (exact) mass is 420 g/mol. The second-order valence-corrected chi connectivity index (χ2v) is 7.46.